The molecule has 0 N–H and O–H groups in total. The van der Waals surface area contributed by atoms with Crippen LogP contribution in [0.1, 0.15) is 0 Å². The molecule has 0 aliphatic carbocycles. The summed E-state index contributed by atoms with van der Waals surface area (Å²) in [6.45, 7) is -2.80. The molecule has 4 heteroatoms. The minimum atomic E-state index is -2.62. The topological polar surface area (TPSA) is 43.4 Å². The summed E-state index contributed by atoms with van der Waals surface area (Å²) in [5, 5.41) is 3.19. The number of Topliss-reactive ketones (excluding diaryl/α,β-unsaturated/α-hetero) is 1. The van der Waals surface area contributed by atoms with Crippen molar-refractivity contribution in [3.63, 3.8) is 0 Å². The Morgan fingerprint density at radius 2 is 1.00 bits per heavy atom. The summed E-state index contributed by atoms with van der Waals surface area (Å²) in [5.74, 6) is -0.722. The molecule has 0 atom stereocenters. The summed E-state index contributed by atoms with van der Waals surface area (Å²) in [5.41, 5.74) is 0. The standard InChI is InChI=1S/C22H17O3P/c23-20-16-25-22(24)21(20)26(17-10-4-1-5-11-17,18-12-6-2-7-13-18)19-14-8-3-9-15-19/h1-15H,16H2. The number of benzene rings is 3. The molecule has 4 rings (SSSR count). The third kappa shape index (κ3) is 2.53. The number of cyclic esters (lactones) is 1. The van der Waals surface area contributed by atoms with Gasteiger partial charge >= 0.3 is 5.97 Å². The summed E-state index contributed by atoms with van der Waals surface area (Å²) in [6, 6.07) is 29.5. The van der Waals surface area contributed by atoms with Gasteiger partial charge in [-0.05, 0) is 22.8 Å². The first-order valence-electron chi connectivity index (χ1n) is 8.38. The second-order valence-electron chi connectivity index (χ2n) is 6.03. The molecular weight excluding hydrogens is 343 g/mol. The Labute approximate surface area is 152 Å². The van der Waals surface area contributed by atoms with Crippen LogP contribution in [0, 0.1) is 0 Å². The summed E-state index contributed by atoms with van der Waals surface area (Å²) in [7, 11) is 0. The fourth-order valence-electron chi connectivity index (χ4n) is 3.49. The summed E-state index contributed by atoms with van der Waals surface area (Å²) in [6.07, 6.45) is 0. The lowest BCUT2D eigenvalue weighted by molar-refractivity contribution is -0.134. The van der Waals surface area contributed by atoms with Gasteiger partial charge in [-0.3, -0.25) is 4.79 Å². The van der Waals surface area contributed by atoms with Gasteiger partial charge in [0.2, 0.25) is 5.78 Å². The number of carbonyl (C=O) groups excluding carboxylic acids is 2. The zero-order chi connectivity index (χ0) is 18.0. The first-order chi connectivity index (χ1) is 12.7. The molecule has 0 amide bonds. The maximum Gasteiger partial charge on any atom is 0.343 e. The van der Waals surface area contributed by atoms with Gasteiger partial charge in [0.05, 0.1) is 0 Å². The monoisotopic (exact) mass is 360 g/mol. The van der Waals surface area contributed by atoms with Crippen LogP contribution >= 0.6 is 6.89 Å². The van der Waals surface area contributed by atoms with E-state index in [-0.39, 0.29) is 17.7 Å². The SMILES string of the molecule is O=C1COC(=O)C1=P(c1ccccc1)(c1ccccc1)c1ccccc1. The van der Waals surface area contributed by atoms with Crippen molar-refractivity contribution in [3.8, 4) is 0 Å². The predicted molar refractivity (Wildman–Crippen MR) is 106 cm³/mol. The molecule has 1 saturated heterocycles. The van der Waals surface area contributed by atoms with E-state index in [4.69, 9.17) is 4.74 Å². The zero-order valence-corrected chi connectivity index (χ0v) is 14.9. The van der Waals surface area contributed by atoms with Gasteiger partial charge in [0.25, 0.3) is 0 Å². The number of rotatable bonds is 3. The zero-order valence-electron chi connectivity index (χ0n) is 14.0. The van der Waals surface area contributed by atoms with E-state index in [1.807, 2.05) is 91.0 Å². The second-order valence-corrected chi connectivity index (χ2v) is 9.36. The molecule has 3 nitrogen and oxygen atoms in total. The fraction of sp³-hybridized carbons (Fsp3) is 0.0455. The maximum atomic E-state index is 12.8. The Bertz CT molecular complexity index is 888. The van der Waals surface area contributed by atoms with Gasteiger partial charge in [-0.15, -0.1) is 0 Å². The molecule has 1 fully saturated rings. The highest BCUT2D eigenvalue weighted by molar-refractivity contribution is 7.97. The molecule has 1 heterocycles. The van der Waals surface area contributed by atoms with Gasteiger partial charge in [-0.25, -0.2) is 4.79 Å². The number of hydrogen-bond donors (Lipinski definition) is 0. The highest BCUT2D eigenvalue weighted by Crippen LogP contribution is 2.47. The van der Waals surface area contributed by atoms with Crippen molar-refractivity contribution in [3.05, 3.63) is 91.0 Å². The quantitative estimate of drug-likeness (QED) is 0.532. The highest BCUT2D eigenvalue weighted by atomic mass is 31.2. The number of ketones is 1. The summed E-state index contributed by atoms with van der Waals surface area (Å²) in [4.78, 5) is 25.5. The lowest BCUT2D eigenvalue weighted by Crippen LogP contribution is -2.34. The number of esters is 1. The largest absolute Gasteiger partial charge is 0.454 e. The maximum absolute atomic E-state index is 12.8. The van der Waals surface area contributed by atoms with Crippen LogP contribution in [-0.2, 0) is 14.3 Å². The predicted octanol–water partition coefficient (Wildman–Crippen LogP) is 2.28. The number of ether oxygens (including phenoxy) is 1. The van der Waals surface area contributed by atoms with Gasteiger partial charge in [-0.1, -0.05) is 91.0 Å². The van der Waals surface area contributed by atoms with Crippen LogP contribution in [0.25, 0.3) is 0 Å². The van der Waals surface area contributed by atoms with Crippen LogP contribution in [0.15, 0.2) is 91.0 Å². The van der Waals surface area contributed by atoms with Gasteiger partial charge in [0.1, 0.15) is 5.29 Å². The molecular formula is C22H17O3P. The van der Waals surface area contributed by atoms with Crippen LogP contribution in [0.3, 0.4) is 0 Å². The minimum Gasteiger partial charge on any atom is -0.454 e. The van der Waals surface area contributed by atoms with Crippen molar-refractivity contribution in [2.75, 3.05) is 6.61 Å². The Balaban J connectivity index is 2.25. The molecule has 1 aliphatic heterocycles. The molecule has 0 unspecified atom stereocenters. The van der Waals surface area contributed by atoms with E-state index in [9.17, 15) is 9.59 Å². The van der Waals surface area contributed by atoms with Crippen LogP contribution in [0.2, 0.25) is 0 Å². The van der Waals surface area contributed by atoms with Gasteiger partial charge in [0, 0.05) is 0 Å². The van der Waals surface area contributed by atoms with Crippen molar-refractivity contribution in [2.24, 2.45) is 0 Å². The average molecular weight is 360 g/mol. The molecule has 0 bridgehead atoms. The smallest absolute Gasteiger partial charge is 0.343 e. The Morgan fingerprint density at radius 3 is 1.31 bits per heavy atom. The molecule has 3 aromatic rings. The van der Waals surface area contributed by atoms with Crippen LogP contribution in [0.4, 0.5) is 0 Å². The fourth-order valence-corrected chi connectivity index (χ4v) is 7.80. The van der Waals surface area contributed by atoms with Gasteiger partial charge < -0.3 is 4.74 Å². The van der Waals surface area contributed by atoms with E-state index in [0.29, 0.717) is 0 Å². The van der Waals surface area contributed by atoms with Crippen molar-refractivity contribution in [1.82, 2.24) is 0 Å². The molecule has 3 aromatic carbocycles. The third-order valence-electron chi connectivity index (χ3n) is 4.56. The second kappa shape index (κ2) is 6.78. The van der Waals surface area contributed by atoms with E-state index in [2.05, 4.69) is 0 Å². The van der Waals surface area contributed by atoms with Crippen LogP contribution in [0.5, 0.6) is 0 Å². The number of hydrogen-bond acceptors (Lipinski definition) is 3. The molecule has 0 radical (unpaired) electrons. The van der Waals surface area contributed by atoms with Crippen molar-refractivity contribution in [2.45, 2.75) is 0 Å². The van der Waals surface area contributed by atoms with Gasteiger partial charge in [0.15, 0.2) is 6.61 Å². The van der Waals surface area contributed by atoms with Crippen molar-refractivity contribution in [1.29, 1.82) is 0 Å². The third-order valence-corrected chi connectivity index (χ3v) is 8.88. The van der Waals surface area contributed by atoms with E-state index in [0.717, 1.165) is 15.9 Å². The van der Waals surface area contributed by atoms with Gasteiger partial charge in [-0.2, -0.15) is 0 Å². The Morgan fingerprint density at radius 1 is 0.615 bits per heavy atom. The van der Waals surface area contributed by atoms with Crippen LogP contribution in [-0.4, -0.2) is 23.7 Å². The first kappa shape index (κ1) is 16.6. The summed E-state index contributed by atoms with van der Waals surface area (Å²) < 4.78 is 5.15. The van der Waals surface area contributed by atoms with Crippen LogP contribution < -0.4 is 15.9 Å². The van der Waals surface area contributed by atoms with E-state index < -0.39 is 12.9 Å². The molecule has 0 spiro atoms. The van der Waals surface area contributed by atoms with Crippen molar-refractivity contribution < 1.29 is 14.3 Å². The molecule has 128 valence electrons. The molecule has 26 heavy (non-hydrogen) atoms. The highest BCUT2D eigenvalue weighted by Gasteiger charge is 2.41. The van der Waals surface area contributed by atoms with E-state index >= 15 is 0 Å². The number of carbonyl (C=O) groups is 2. The lowest BCUT2D eigenvalue weighted by atomic mass is 10.3. The molecule has 1 aliphatic rings. The Hall–Kier alpha value is -2.90. The lowest BCUT2D eigenvalue weighted by Gasteiger charge is -2.29. The van der Waals surface area contributed by atoms with Crippen molar-refractivity contribution >= 4 is 39.8 Å². The molecule has 0 saturated carbocycles. The normalized spacial score (nSPS) is 14.4. The summed E-state index contributed by atoms with van der Waals surface area (Å²) >= 11 is 0. The minimum absolute atomic E-state index is 0.178. The Kier molecular flexibility index (Phi) is 4.32. The van der Waals surface area contributed by atoms with E-state index in [1.165, 1.54) is 0 Å². The first-order valence-corrected chi connectivity index (χ1v) is 10.2. The molecule has 0 aromatic heterocycles. The van der Waals surface area contributed by atoms with E-state index in [1.54, 1.807) is 0 Å². The average Bonchev–Trinajstić information content (AvgIpc) is 3.04.